The van der Waals surface area contributed by atoms with E-state index in [1.807, 2.05) is 30.1 Å². The summed E-state index contributed by atoms with van der Waals surface area (Å²) in [6.07, 6.45) is 1.69. The fourth-order valence-corrected chi connectivity index (χ4v) is 2.91. The third-order valence-corrected chi connectivity index (χ3v) is 3.87. The molecule has 0 radical (unpaired) electrons. The Labute approximate surface area is 120 Å². The maximum absolute atomic E-state index is 11.5. The summed E-state index contributed by atoms with van der Waals surface area (Å²) in [7, 11) is 4.02. The second-order valence-corrected chi connectivity index (χ2v) is 5.94. The Bertz CT molecular complexity index is 450. The van der Waals surface area contributed by atoms with Gasteiger partial charge in [0.1, 0.15) is 0 Å². The van der Waals surface area contributed by atoms with E-state index in [4.69, 9.17) is 11.6 Å². The van der Waals surface area contributed by atoms with Crippen LogP contribution in [0.1, 0.15) is 18.4 Å². The summed E-state index contributed by atoms with van der Waals surface area (Å²) in [5, 5.41) is 0.786. The maximum Gasteiger partial charge on any atom is 0.222 e. The zero-order chi connectivity index (χ0) is 13.8. The summed E-state index contributed by atoms with van der Waals surface area (Å²) in [6, 6.07) is 7.98. The molecule has 0 aromatic heterocycles. The molecule has 2 rings (SSSR count). The van der Waals surface area contributed by atoms with E-state index < -0.39 is 0 Å². The van der Waals surface area contributed by atoms with E-state index >= 15 is 0 Å². The van der Waals surface area contributed by atoms with Crippen molar-refractivity contribution in [3.05, 3.63) is 34.9 Å². The molecule has 4 heteroatoms. The van der Waals surface area contributed by atoms with Gasteiger partial charge in [-0.25, -0.2) is 0 Å². The molecule has 0 saturated carbocycles. The van der Waals surface area contributed by atoms with Gasteiger partial charge in [0, 0.05) is 38.1 Å². The minimum atomic E-state index is 0.272. The van der Waals surface area contributed by atoms with Crippen molar-refractivity contribution in [3.8, 4) is 0 Å². The maximum atomic E-state index is 11.5. The summed E-state index contributed by atoms with van der Waals surface area (Å²) in [4.78, 5) is 15.6. The molecule has 1 amide bonds. The predicted octanol–water partition coefficient (Wildman–Crippen LogP) is 2.64. The normalized spacial score (nSPS) is 20.1. The second kappa shape index (κ2) is 6.40. The molecular formula is C15H21ClN2O. The van der Waals surface area contributed by atoms with Gasteiger partial charge >= 0.3 is 0 Å². The first-order valence-corrected chi connectivity index (χ1v) is 7.09. The summed E-state index contributed by atoms with van der Waals surface area (Å²) in [5.41, 5.74) is 1.23. The molecule has 1 aromatic carbocycles. The van der Waals surface area contributed by atoms with Crippen molar-refractivity contribution in [2.45, 2.75) is 19.4 Å². The number of piperidine rings is 1. The average Bonchev–Trinajstić information content (AvgIpc) is 2.34. The van der Waals surface area contributed by atoms with Crippen LogP contribution in [0.3, 0.4) is 0 Å². The number of carbonyl (C=O) groups is 1. The number of hydrogen-bond donors (Lipinski definition) is 0. The van der Waals surface area contributed by atoms with Gasteiger partial charge in [0.25, 0.3) is 0 Å². The van der Waals surface area contributed by atoms with E-state index in [0.717, 1.165) is 31.1 Å². The lowest BCUT2D eigenvalue weighted by atomic mass is 9.97. The topological polar surface area (TPSA) is 23.6 Å². The van der Waals surface area contributed by atoms with Gasteiger partial charge in [-0.15, -0.1) is 0 Å². The van der Waals surface area contributed by atoms with Crippen molar-refractivity contribution in [3.63, 3.8) is 0 Å². The first-order valence-electron chi connectivity index (χ1n) is 6.71. The summed E-state index contributed by atoms with van der Waals surface area (Å²) < 4.78 is 0. The average molecular weight is 281 g/mol. The standard InChI is InChI=1S/C15H21ClN2O/c1-17(9-12-4-3-5-14(16)8-12)10-13-6-7-15(19)18(2)11-13/h3-5,8,13H,6-7,9-11H2,1-2H3. The monoisotopic (exact) mass is 280 g/mol. The van der Waals surface area contributed by atoms with Crippen LogP contribution in [-0.4, -0.2) is 42.9 Å². The molecule has 0 spiro atoms. The van der Waals surface area contributed by atoms with E-state index in [-0.39, 0.29) is 5.91 Å². The number of benzene rings is 1. The number of carbonyl (C=O) groups excluding carboxylic acids is 1. The Kier molecular flexibility index (Phi) is 4.83. The van der Waals surface area contributed by atoms with Gasteiger partial charge in [-0.3, -0.25) is 4.79 Å². The first-order chi connectivity index (χ1) is 9.04. The largest absolute Gasteiger partial charge is 0.345 e. The van der Waals surface area contributed by atoms with Crippen LogP contribution in [0.25, 0.3) is 0 Å². The molecule has 3 nitrogen and oxygen atoms in total. The van der Waals surface area contributed by atoms with E-state index in [1.165, 1.54) is 5.56 Å². The molecule has 1 aromatic rings. The Morgan fingerprint density at radius 1 is 1.47 bits per heavy atom. The van der Waals surface area contributed by atoms with Crippen LogP contribution in [0.4, 0.5) is 0 Å². The zero-order valence-electron chi connectivity index (χ0n) is 11.6. The van der Waals surface area contributed by atoms with Crippen LogP contribution in [0.5, 0.6) is 0 Å². The van der Waals surface area contributed by atoms with Gasteiger partial charge < -0.3 is 9.80 Å². The highest BCUT2D eigenvalue weighted by Crippen LogP contribution is 2.18. The van der Waals surface area contributed by atoms with Gasteiger partial charge in [0.15, 0.2) is 0 Å². The highest BCUT2D eigenvalue weighted by Gasteiger charge is 2.23. The molecule has 0 N–H and O–H groups in total. The lowest BCUT2D eigenvalue weighted by Crippen LogP contribution is -2.41. The number of likely N-dealkylation sites (tertiary alicyclic amines) is 1. The van der Waals surface area contributed by atoms with Crippen LogP contribution >= 0.6 is 11.6 Å². The molecule has 1 aliphatic heterocycles. The van der Waals surface area contributed by atoms with E-state index in [2.05, 4.69) is 18.0 Å². The molecule has 1 saturated heterocycles. The minimum absolute atomic E-state index is 0.272. The number of rotatable bonds is 4. The number of nitrogens with zero attached hydrogens (tertiary/aromatic N) is 2. The fourth-order valence-electron chi connectivity index (χ4n) is 2.70. The lowest BCUT2D eigenvalue weighted by molar-refractivity contribution is -0.133. The van der Waals surface area contributed by atoms with Crippen molar-refractivity contribution in [2.24, 2.45) is 5.92 Å². The predicted molar refractivity (Wildman–Crippen MR) is 78.1 cm³/mol. The Balaban J connectivity index is 1.84. The van der Waals surface area contributed by atoms with Crippen molar-refractivity contribution in [1.82, 2.24) is 9.80 Å². The number of amides is 1. The fraction of sp³-hybridized carbons (Fsp3) is 0.533. The molecule has 104 valence electrons. The minimum Gasteiger partial charge on any atom is -0.345 e. The number of halogens is 1. The van der Waals surface area contributed by atoms with Crippen LogP contribution in [0, 0.1) is 5.92 Å². The Hall–Kier alpha value is -1.06. The lowest BCUT2D eigenvalue weighted by Gasteiger charge is -2.32. The SMILES string of the molecule is CN(Cc1cccc(Cl)c1)CC1CCC(=O)N(C)C1. The quantitative estimate of drug-likeness (QED) is 0.846. The Morgan fingerprint density at radius 3 is 2.95 bits per heavy atom. The molecule has 19 heavy (non-hydrogen) atoms. The third-order valence-electron chi connectivity index (χ3n) is 3.64. The van der Waals surface area contributed by atoms with Crippen LogP contribution in [0.15, 0.2) is 24.3 Å². The van der Waals surface area contributed by atoms with Gasteiger partial charge in [0.2, 0.25) is 5.91 Å². The van der Waals surface area contributed by atoms with Gasteiger partial charge in [0.05, 0.1) is 0 Å². The molecule has 1 atom stereocenters. The molecule has 1 heterocycles. The summed E-state index contributed by atoms with van der Waals surface area (Å²) in [5.74, 6) is 0.848. The molecular weight excluding hydrogens is 260 g/mol. The molecule has 0 bridgehead atoms. The smallest absolute Gasteiger partial charge is 0.222 e. The summed E-state index contributed by atoms with van der Waals surface area (Å²) >= 11 is 5.99. The second-order valence-electron chi connectivity index (χ2n) is 5.51. The zero-order valence-corrected chi connectivity index (χ0v) is 12.4. The Morgan fingerprint density at radius 2 is 2.26 bits per heavy atom. The highest BCUT2D eigenvalue weighted by molar-refractivity contribution is 6.30. The van der Waals surface area contributed by atoms with Gasteiger partial charge in [-0.2, -0.15) is 0 Å². The van der Waals surface area contributed by atoms with Crippen molar-refractivity contribution in [2.75, 3.05) is 27.2 Å². The number of hydrogen-bond acceptors (Lipinski definition) is 2. The van der Waals surface area contributed by atoms with Crippen molar-refractivity contribution >= 4 is 17.5 Å². The van der Waals surface area contributed by atoms with Crippen molar-refractivity contribution in [1.29, 1.82) is 0 Å². The van der Waals surface area contributed by atoms with Crippen LogP contribution in [-0.2, 0) is 11.3 Å². The molecule has 1 aliphatic rings. The molecule has 1 unspecified atom stereocenters. The molecule has 0 aliphatic carbocycles. The highest BCUT2D eigenvalue weighted by atomic mass is 35.5. The summed E-state index contributed by atoms with van der Waals surface area (Å²) in [6.45, 7) is 2.79. The van der Waals surface area contributed by atoms with E-state index in [0.29, 0.717) is 12.3 Å². The van der Waals surface area contributed by atoms with Gasteiger partial charge in [-0.1, -0.05) is 23.7 Å². The third kappa shape index (κ3) is 4.22. The molecule has 1 fully saturated rings. The van der Waals surface area contributed by atoms with Crippen molar-refractivity contribution < 1.29 is 4.79 Å². The van der Waals surface area contributed by atoms with Crippen LogP contribution in [0.2, 0.25) is 5.02 Å². The van der Waals surface area contributed by atoms with Crippen LogP contribution < -0.4 is 0 Å². The van der Waals surface area contributed by atoms with E-state index in [1.54, 1.807) is 0 Å². The van der Waals surface area contributed by atoms with E-state index in [9.17, 15) is 4.79 Å². The first kappa shape index (κ1) is 14.4. The van der Waals surface area contributed by atoms with Gasteiger partial charge in [-0.05, 0) is 37.1 Å².